The molecule has 1 amide bonds. The third kappa shape index (κ3) is 3.27. The first kappa shape index (κ1) is 17.9. The van der Waals surface area contributed by atoms with Crippen molar-refractivity contribution >= 4 is 11.6 Å². The van der Waals surface area contributed by atoms with E-state index in [2.05, 4.69) is 63.0 Å². The largest absolute Gasteiger partial charge is 0.330 e. The third-order valence-electron chi connectivity index (χ3n) is 4.95. The number of amides is 1. The summed E-state index contributed by atoms with van der Waals surface area (Å²) in [6.07, 6.45) is 1.79. The summed E-state index contributed by atoms with van der Waals surface area (Å²) in [5.74, 6) is 0.636. The molecule has 25 heavy (non-hydrogen) atoms. The van der Waals surface area contributed by atoms with Crippen molar-refractivity contribution in [1.82, 2.24) is 24.8 Å². The highest BCUT2D eigenvalue weighted by atomic mass is 16.2. The van der Waals surface area contributed by atoms with Gasteiger partial charge in [-0.1, -0.05) is 27.7 Å². The van der Waals surface area contributed by atoms with E-state index in [1.54, 1.807) is 10.7 Å². The topological polar surface area (TPSA) is 62.5 Å². The molecule has 0 aliphatic carbocycles. The number of aromatic nitrogens is 3. The fraction of sp³-hybridized carbons (Fsp3) is 0.632. The lowest BCUT2D eigenvalue weighted by atomic mass is 10.00. The zero-order valence-corrected chi connectivity index (χ0v) is 16.1. The zero-order chi connectivity index (χ0) is 18.4. The van der Waals surface area contributed by atoms with Gasteiger partial charge in [0.2, 0.25) is 0 Å². The summed E-state index contributed by atoms with van der Waals surface area (Å²) < 4.78 is 1.78. The highest BCUT2D eigenvalue weighted by molar-refractivity contribution is 5.93. The first-order valence-electron chi connectivity index (χ1n) is 9.13. The van der Waals surface area contributed by atoms with Gasteiger partial charge in [0.15, 0.2) is 5.65 Å². The minimum absolute atomic E-state index is 0.0159. The number of imidazole rings is 1. The lowest BCUT2D eigenvalue weighted by Crippen LogP contribution is -2.59. The van der Waals surface area contributed by atoms with Crippen molar-refractivity contribution in [3.05, 3.63) is 29.2 Å². The molecular formula is C19H29N5O. The van der Waals surface area contributed by atoms with Crippen molar-refractivity contribution in [2.45, 2.75) is 58.9 Å². The van der Waals surface area contributed by atoms with E-state index >= 15 is 0 Å². The number of hydrogen-bond acceptors (Lipinski definition) is 4. The first-order chi connectivity index (χ1) is 11.7. The molecule has 3 rings (SSSR count). The van der Waals surface area contributed by atoms with Crippen molar-refractivity contribution in [2.24, 2.45) is 0 Å². The van der Waals surface area contributed by atoms with E-state index in [1.165, 1.54) is 0 Å². The minimum Gasteiger partial charge on any atom is -0.330 e. The summed E-state index contributed by atoms with van der Waals surface area (Å²) in [5, 5.41) is 8.02. The Morgan fingerprint density at radius 3 is 2.56 bits per heavy atom. The van der Waals surface area contributed by atoms with Gasteiger partial charge in [0.1, 0.15) is 5.69 Å². The molecular weight excluding hydrogens is 314 g/mol. The van der Waals surface area contributed by atoms with Crippen molar-refractivity contribution in [3.63, 3.8) is 0 Å². The summed E-state index contributed by atoms with van der Waals surface area (Å²) in [7, 11) is 0. The van der Waals surface area contributed by atoms with Gasteiger partial charge in [-0.15, -0.1) is 0 Å². The van der Waals surface area contributed by atoms with Crippen LogP contribution in [0.25, 0.3) is 5.65 Å². The fourth-order valence-electron chi connectivity index (χ4n) is 3.33. The molecule has 0 radical (unpaired) electrons. The Labute approximate surface area is 149 Å². The molecule has 2 aromatic rings. The quantitative estimate of drug-likeness (QED) is 0.931. The van der Waals surface area contributed by atoms with Crippen LogP contribution in [0.15, 0.2) is 12.3 Å². The Morgan fingerprint density at radius 2 is 1.96 bits per heavy atom. The number of rotatable bonds is 3. The van der Waals surface area contributed by atoms with Crippen LogP contribution in [0.3, 0.4) is 0 Å². The molecule has 6 nitrogen and oxygen atoms in total. The minimum atomic E-state index is -0.220. The molecule has 0 unspecified atom stereocenters. The van der Waals surface area contributed by atoms with Crippen molar-refractivity contribution in [2.75, 3.05) is 19.6 Å². The maximum absolute atomic E-state index is 13.1. The van der Waals surface area contributed by atoms with Crippen molar-refractivity contribution < 1.29 is 4.79 Å². The SMILES string of the molecule is CC(C)c1cc(C(C)C)c2nc(C(=O)N3CCNCC3(C)C)cn2n1. The molecule has 1 aliphatic rings. The van der Waals surface area contributed by atoms with Crippen LogP contribution in [0.5, 0.6) is 0 Å². The second-order valence-corrected chi connectivity index (χ2v) is 8.17. The normalized spacial score (nSPS) is 17.7. The Bertz CT molecular complexity index is 790. The Balaban J connectivity index is 2.06. The van der Waals surface area contributed by atoms with Gasteiger partial charge in [-0.2, -0.15) is 5.10 Å². The van der Waals surface area contributed by atoms with Crippen molar-refractivity contribution in [3.8, 4) is 0 Å². The molecule has 0 saturated carbocycles. The Morgan fingerprint density at radius 1 is 1.24 bits per heavy atom. The van der Waals surface area contributed by atoms with Gasteiger partial charge in [-0.25, -0.2) is 9.50 Å². The molecule has 1 N–H and O–H groups in total. The summed E-state index contributed by atoms with van der Waals surface area (Å²) in [6, 6.07) is 2.13. The second kappa shape index (κ2) is 6.41. The molecule has 3 heterocycles. The zero-order valence-electron chi connectivity index (χ0n) is 16.1. The summed E-state index contributed by atoms with van der Waals surface area (Å²) in [5.41, 5.74) is 3.20. The van der Waals surface area contributed by atoms with E-state index < -0.39 is 0 Å². The molecule has 0 bridgehead atoms. The molecule has 0 spiro atoms. The van der Waals surface area contributed by atoms with Crippen LogP contribution in [-0.2, 0) is 0 Å². The van der Waals surface area contributed by atoms with Gasteiger partial charge < -0.3 is 10.2 Å². The molecule has 1 saturated heterocycles. The molecule has 2 aromatic heterocycles. The van der Waals surface area contributed by atoms with E-state index in [-0.39, 0.29) is 11.4 Å². The van der Waals surface area contributed by atoms with Crippen LogP contribution in [-0.4, -0.2) is 50.6 Å². The number of fused-ring (bicyclic) bond motifs is 1. The van der Waals surface area contributed by atoms with Crippen molar-refractivity contribution in [1.29, 1.82) is 0 Å². The summed E-state index contributed by atoms with van der Waals surface area (Å²) >= 11 is 0. The van der Waals surface area contributed by atoms with Crippen LogP contribution in [0.1, 0.15) is 75.1 Å². The number of carbonyl (C=O) groups excluding carboxylic acids is 1. The summed E-state index contributed by atoms with van der Waals surface area (Å²) in [6.45, 7) is 15.0. The van der Waals surface area contributed by atoms with Gasteiger partial charge in [-0.3, -0.25) is 4.79 Å². The maximum Gasteiger partial charge on any atom is 0.274 e. The van der Waals surface area contributed by atoms with Crippen LogP contribution in [0.4, 0.5) is 0 Å². The molecule has 1 fully saturated rings. The molecule has 0 atom stereocenters. The molecule has 0 aromatic carbocycles. The predicted molar refractivity (Wildman–Crippen MR) is 99.2 cm³/mol. The monoisotopic (exact) mass is 343 g/mol. The number of hydrogen-bond donors (Lipinski definition) is 1. The van der Waals surface area contributed by atoms with Crippen LogP contribution in [0.2, 0.25) is 0 Å². The highest BCUT2D eigenvalue weighted by Crippen LogP contribution is 2.25. The van der Waals surface area contributed by atoms with Gasteiger partial charge in [0, 0.05) is 25.2 Å². The molecule has 136 valence electrons. The van der Waals surface area contributed by atoms with Crippen LogP contribution >= 0.6 is 0 Å². The number of carbonyl (C=O) groups is 1. The molecule has 1 aliphatic heterocycles. The van der Waals surface area contributed by atoms with E-state index in [9.17, 15) is 4.79 Å². The lowest BCUT2D eigenvalue weighted by Gasteiger charge is -2.42. The Kier molecular flexibility index (Phi) is 4.58. The van der Waals surface area contributed by atoms with Gasteiger partial charge in [0.25, 0.3) is 5.91 Å². The molecule has 6 heteroatoms. The van der Waals surface area contributed by atoms with Crippen LogP contribution in [0, 0.1) is 0 Å². The Hall–Kier alpha value is -1.95. The van der Waals surface area contributed by atoms with Crippen LogP contribution < -0.4 is 5.32 Å². The van der Waals surface area contributed by atoms with Gasteiger partial charge in [-0.05, 0) is 31.7 Å². The average Bonchev–Trinajstić information content (AvgIpc) is 2.96. The van der Waals surface area contributed by atoms with E-state index in [1.807, 2.05) is 4.90 Å². The lowest BCUT2D eigenvalue weighted by molar-refractivity contribution is 0.0472. The summed E-state index contributed by atoms with van der Waals surface area (Å²) in [4.78, 5) is 19.7. The second-order valence-electron chi connectivity index (χ2n) is 8.17. The van der Waals surface area contributed by atoms with Gasteiger partial charge in [0.05, 0.1) is 17.4 Å². The van der Waals surface area contributed by atoms with E-state index in [4.69, 9.17) is 0 Å². The average molecular weight is 343 g/mol. The van der Waals surface area contributed by atoms with E-state index in [0.717, 1.165) is 30.0 Å². The number of nitrogens with one attached hydrogen (secondary N) is 1. The fourth-order valence-corrected chi connectivity index (χ4v) is 3.33. The van der Waals surface area contributed by atoms with Gasteiger partial charge >= 0.3 is 0 Å². The maximum atomic E-state index is 13.1. The third-order valence-corrected chi connectivity index (χ3v) is 4.95. The number of nitrogens with zero attached hydrogens (tertiary/aromatic N) is 4. The van der Waals surface area contributed by atoms with E-state index in [0.29, 0.717) is 24.1 Å². The number of piperazine rings is 1. The smallest absolute Gasteiger partial charge is 0.274 e. The predicted octanol–water partition coefficient (Wildman–Crippen LogP) is 2.80. The highest BCUT2D eigenvalue weighted by Gasteiger charge is 2.35. The standard InChI is InChI=1S/C19H29N5O/c1-12(2)14-9-15(13(3)4)22-24-10-16(21-17(14)24)18(25)23-8-7-20-11-19(23,5)6/h9-10,12-13,20H,7-8,11H2,1-6H3. The first-order valence-corrected chi connectivity index (χ1v) is 9.13.